The predicted molar refractivity (Wildman–Crippen MR) is 117 cm³/mol. The Morgan fingerprint density at radius 2 is 0.733 bits per heavy atom. The van der Waals surface area contributed by atoms with E-state index in [9.17, 15) is 9.59 Å². The van der Waals surface area contributed by atoms with Gasteiger partial charge in [-0.2, -0.15) is 0 Å². The smallest absolute Gasteiger partial charge is 0.335 e. The summed E-state index contributed by atoms with van der Waals surface area (Å²) in [5.74, 6) is -1.88. The molecule has 0 fully saturated rings. The summed E-state index contributed by atoms with van der Waals surface area (Å²) in [6.45, 7) is 0. The largest absolute Gasteiger partial charge is 0.478 e. The number of benzene rings is 4. The maximum atomic E-state index is 11.2. The molecule has 0 saturated heterocycles. The highest BCUT2D eigenvalue weighted by atomic mass is 16.4. The zero-order valence-corrected chi connectivity index (χ0v) is 15.9. The van der Waals surface area contributed by atoms with Crippen LogP contribution in [0.4, 0.5) is 0 Å². The average Bonchev–Trinajstić information content (AvgIpc) is 2.79. The molecule has 146 valence electrons. The number of carbonyl (C=O) groups is 2. The normalized spacial score (nSPS) is 10.5. The Morgan fingerprint density at radius 1 is 0.433 bits per heavy atom. The minimum Gasteiger partial charge on any atom is -0.478 e. The first-order valence-electron chi connectivity index (χ1n) is 9.39. The van der Waals surface area contributed by atoms with Gasteiger partial charge >= 0.3 is 11.9 Å². The van der Waals surface area contributed by atoms with Crippen LogP contribution in [-0.4, -0.2) is 22.2 Å². The summed E-state index contributed by atoms with van der Waals surface area (Å²) in [6, 6.07) is 29.6. The van der Waals surface area contributed by atoms with E-state index < -0.39 is 11.9 Å². The summed E-state index contributed by atoms with van der Waals surface area (Å²) in [7, 11) is 0. The molecule has 0 amide bonds. The highest BCUT2D eigenvalue weighted by molar-refractivity contribution is 5.90. The van der Waals surface area contributed by atoms with Gasteiger partial charge < -0.3 is 10.2 Å². The van der Waals surface area contributed by atoms with Crippen molar-refractivity contribution in [2.75, 3.05) is 0 Å². The number of hydrogen-bond acceptors (Lipinski definition) is 2. The van der Waals surface area contributed by atoms with Crippen molar-refractivity contribution in [3.8, 4) is 33.4 Å². The molecule has 0 bridgehead atoms. The van der Waals surface area contributed by atoms with E-state index in [0.717, 1.165) is 33.4 Å². The van der Waals surface area contributed by atoms with Crippen molar-refractivity contribution in [1.82, 2.24) is 0 Å². The van der Waals surface area contributed by atoms with Crippen LogP contribution in [0.15, 0.2) is 97.1 Å². The lowest BCUT2D eigenvalue weighted by molar-refractivity contribution is 0.0686. The topological polar surface area (TPSA) is 74.6 Å². The van der Waals surface area contributed by atoms with Gasteiger partial charge in [-0.3, -0.25) is 0 Å². The van der Waals surface area contributed by atoms with Crippen molar-refractivity contribution in [2.45, 2.75) is 0 Å². The third-order valence-corrected chi connectivity index (χ3v) is 4.99. The van der Waals surface area contributed by atoms with E-state index in [1.807, 2.05) is 60.7 Å². The minimum atomic E-state index is -0.942. The first-order valence-corrected chi connectivity index (χ1v) is 9.39. The number of carboxylic acid groups (broad SMARTS) is 2. The molecule has 0 unspecified atom stereocenters. The van der Waals surface area contributed by atoms with Crippen LogP contribution in [0.1, 0.15) is 20.7 Å². The quantitative estimate of drug-likeness (QED) is 0.430. The van der Waals surface area contributed by atoms with E-state index in [1.54, 1.807) is 36.4 Å². The van der Waals surface area contributed by atoms with E-state index in [-0.39, 0.29) is 11.1 Å². The van der Waals surface area contributed by atoms with Crippen LogP contribution in [0.2, 0.25) is 0 Å². The number of carboxylic acids is 2. The summed E-state index contributed by atoms with van der Waals surface area (Å²) >= 11 is 0. The molecule has 0 radical (unpaired) electrons. The minimum absolute atomic E-state index is 0.263. The second-order valence-corrected chi connectivity index (χ2v) is 6.93. The summed E-state index contributed by atoms with van der Waals surface area (Å²) < 4.78 is 0. The van der Waals surface area contributed by atoms with E-state index in [4.69, 9.17) is 10.2 Å². The van der Waals surface area contributed by atoms with Gasteiger partial charge in [-0.1, -0.05) is 72.8 Å². The van der Waals surface area contributed by atoms with E-state index in [1.165, 1.54) is 0 Å². The molecule has 0 spiro atoms. The van der Waals surface area contributed by atoms with E-state index in [0.29, 0.717) is 0 Å². The summed E-state index contributed by atoms with van der Waals surface area (Å²) in [5, 5.41) is 18.3. The van der Waals surface area contributed by atoms with Crippen LogP contribution in [0.3, 0.4) is 0 Å². The number of aromatic carboxylic acids is 2. The van der Waals surface area contributed by atoms with Gasteiger partial charge in [0.25, 0.3) is 0 Å². The molecular formula is C26H18O4. The fraction of sp³-hybridized carbons (Fsp3) is 0. The van der Waals surface area contributed by atoms with E-state index in [2.05, 4.69) is 0 Å². The summed E-state index contributed by atoms with van der Waals surface area (Å²) in [5.41, 5.74) is 6.22. The maximum absolute atomic E-state index is 11.2. The van der Waals surface area contributed by atoms with Gasteiger partial charge in [0, 0.05) is 0 Å². The van der Waals surface area contributed by atoms with Gasteiger partial charge in [0.1, 0.15) is 0 Å². The standard InChI is InChI=1S/C26H18O4/c27-25(28)23-5-1-3-21(15-23)19-11-7-17(8-12-19)18-9-13-20(14-10-18)22-4-2-6-24(16-22)26(29)30/h1-16H,(H,27,28)(H,29,30). The van der Waals surface area contributed by atoms with Gasteiger partial charge in [-0.15, -0.1) is 0 Å². The van der Waals surface area contributed by atoms with Crippen molar-refractivity contribution in [3.63, 3.8) is 0 Å². The Bertz CT molecular complexity index is 1120. The third kappa shape index (κ3) is 3.98. The average molecular weight is 394 g/mol. The molecule has 2 N–H and O–H groups in total. The molecule has 0 aromatic heterocycles. The molecule has 4 rings (SSSR count). The van der Waals surface area contributed by atoms with Crippen LogP contribution in [0, 0.1) is 0 Å². The fourth-order valence-corrected chi connectivity index (χ4v) is 3.37. The second-order valence-electron chi connectivity index (χ2n) is 6.93. The molecule has 4 heteroatoms. The molecule has 4 nitrogen and oxygen atoms in total. The van der Waals surface area contributed by atoms with Gasteiger partial charge in [0.15, 0.2) is 0 Å². The lowest BCUT2D eigenvalue weighted by Gasteiger charge is -2.08. The summed E-state index contributed by atoms with van der Waals surface area (Å²) in [4.78, 5) is 22.4. The fourth-order valence-electron chi connectivity index (χ4n) is 3.37. The molecule has 0 aliphatic carbocycles. The molecule has 0 heterocycles. The van der Waals surface area contributed by atoms with Crippen LogP contribution in [0.5, 0.6) is 0 Å². The van der Waals surface area contributed by atoms with Gasteiger partial charge in [0.05, 0.1) is 11.1 Å². The van der Waals surface area contributed by atoms with Crippen LogP contribution in [0.25, 0.3) is 33.4 Å². The van der Waals surface area contributed by atoms with Crippen molar-refractivity contribution in [3.05, 3.63) is 108 Å². The Balaban J connectivity index is 1.58. The molecule has 0 aliphatic heterocycles. The van der Waals surface area contributed by atoms with Crippen LogP contribution < -0.4 is 0 Å². The van der Waals surface area contributed by atoms with Crippen molar-refractivity contribution in [2.24, 2.45) is 0 Å². The zero-order chi connectivity index (χ0) is 21.1. The number of hydrogen-bond donors (Lipinski definition) is 2. The highest BCUT2D eigenvalue weighted by Gasteiger charge is 2.07. The molecular weight excluding hydrogens is 376 g/mol. The van der Waals surface area contributed by atoms with Crippen molar-refractivity contribution in [1.29, 1.82) is 0 Å². The van der Waals surface area contributed by atoms with Gasteiger partial charge in [0.2, 0.25) is 0 Å². The molecule has 0 atom stereocenters. The Morgan fingerprint density at radius 3 is 1.03 bits per heavy atom. The second kappa shape index (κ2) is 8.05. The van der Waals surface area contributed by atoms with Crippen molar-refractivity contribution >= 4 is 11.9 Å². The lowest BCUT2D eigenvalue weighted by Crippen LogP contribution is -1.95. The Labute approximate surface area is 173 Å². The monoisotopic (exact) mass is 394 g/mol. The Hall–Kier alpha value is -4.18. The lowest BCUT2D eigenvalue weighted by atomic mass is 9.97. The molecule has 4 aromatic rings. The van der Waals surface area contributed by atoms with Gasteiger partial charge in [-0.05, 0) is 57.6 Å². The Kier molecular flexibility index (Phi) is 5.14. The first-order chi connectivity index (χ1) is 14.5. The molecule has 0 aliphatic rings. The molecule has 30 heavy (non-hydrogen) atoms. The van der Waals surface area contributed by atoms with E-state index >= 15 is 0 Å². The first kappa shape index (κ1) is 19.2. The zero-order valence-electron chi connectivity index (χ0n) is 15.9. The SMILES string of the molecule is O=C(O)c1cccc(-c2ccc(-c3ccc(-c4cccc(C(=O)O)c4)cc3)cc2)c1. The molecule has 0 saturated carbocycles. The maximum Gasteiger partial charge on any atom is 0.335 e. The van der Waals surface area contributed by atoms with Crippen molar-refractivity contribution < 1.29 is 19.8 Å². The predicted octanol–water partition coefficient (Wildman–Crippen LogP) is 6.08. The number of rotatable bonds is 5. The highest BCUT2D eigenvalue weighted by Crippen LogP contribution is 2.28. The third-order valence-electron chi connectivity index (χ3n) is 4.99. The van der Waals surface area contributed by atoms with Crippen LogP contribution in [-0.2, 0) is 0 Å². The summed E-state index contributed by atoms with van der Waals surface area (Å²) in [6.07, 6.45) is 0. The van der Waals surface area contributed by atoms with Gasteiger partial charge in [-0.25, -0.2) is 9.59 Å². The van der Waals surface area contributed by atoms with Crippen LogP contribution >= 0.6 is 0 Å². The molecule has 4 aromatic carbocycles.